The number of carbonyl (C=O) groups excluding carboxylic acids is 1. The van der Waals surface area contributed by atoms with Crippen LogP contribution < -0.4 is 4.74 Å². The van der Waals surface area contributed by atoms with E-state index in [0.717, 1.165) is 0 Å². The van der Waals surface area contributed by atoms with Gasteiger partial charge in [-0.3, -0.25) is 4.57 Å². The molecule has 0 aliphatic heterocycles. The van der Waals surface area contributed by atoms with E-state index in [-0.39, 0.29) is 12.0 Å². The van der Waals surface area contributed by atoms with E-state index in [2.05, 4.69) is 9.97 Å². The molecular formula is C9H10N4O2. The summed E-state index contributed by atoms with van der Waals surface area (Å²) in [6.07, 6.45) is 7.60. The van der Waals surface area contributed by atoms with Crippen molar-refractivity contribution in [1.29, 1.82) is 0 Å². The lowest BCUT2D eigenvalue weighted by molar-refractivity contribution is 0.236. The van der Waals surface area contributed by atoms with Crippen LogP contribution in [-0.2, 0) is 0 Å². The molecule has 0 fully saturated rings. The Hall–Kier alpha value is -2.11. The van der Waals surface area contributed by atoms with Gasteiger partial charge in [0.15, 0.2) is 0 Å². The molecule has 2 aromatic rings. The Morgan fingerprint density at radius 2 is 2.33 bits per heavy atom. The summed E-state index contributed by atoms with van der Waals surface area (Å²) in [4.78, 5) is 19.5. The molecule has 2 heterocycles. The zero-order valence-electron chi connectivity index (χ0n) is 8.20. The topological polar surface area (TPSA) is 61.9 Å². The Kier molecular flexibility index (Phi) is 2.49. The van der Waals surface area contributed by atoms with E-state index in [1.54, 1.807) is 12.4 Å². The number of hydrogen-bond acceptors (Lipinski definition) is 4. The van der Waals surface area contributed by atoms with Gasteiger partial charge in [0.2, 0.25) is 0 Å². The molecular weight excluding hydrogens is 196 g/mol. The first kappa shape index (κ1) is 9.45. The van der Waals surface area contributed by atoms with Crippen LogP contribution in [0.2, 0.25) is 0 Å². The minimum Gasteiger partial charge on any atom is -0.465 e. The summed E-state index contributed by atoms with van der Waals surface area (Å²) < 4.78 is 7.87. The molecule has 0 aliphatic rings. The second-order valence-corrected chi connectivity index (χ2v) is 2.77. The molecule has 0 saturated carbocycles. The van der Waals surface area contributed by atoms with Crippen molar-refractivity contribution in [2.75, 3.05) is 6.61 Å². The molecule has 2 aromatic heterocycles. The smallest absolute Gasteiger partial charge is 0.341 e. The minimum atomic E-state index is -0.270. The number of hydrogen-bond donors (Lipinski definition) is 0. The fraction of sp³-hybridized carbons (Fsp3) is 0.222. The van der Waals surface area contributed by atoms with Crippen molar-refractivity contribution in [3.8, 4) is 6.01 Å². The highest BCUT2D eigenvalue weighted by Gasteiger charge is 2.12. The van der Waals surface area contributed by atoms with E-state index in [0.29, 0.717) is 6.61 Å². The predicted octanol–water partition coefficient (Wildman–Crippen LogP) is 0.995. The SMILES string of the molecule is CCOc1nccn1C(=O)n1ccnc1. The molecule has 0 atom stereocenters. The molecule has 0 aromatic carbocycles. The van der Waals surface area contributed by atoms with Crippen LogP contribution in [0.3, 0.4) is 0 Å². The molecule has 6 nitrogen and oxygen atoms in total. The maximum Gasteiger partial charge on any atom is 0.341 e. The Balaban J connectivity index is 2.29. The van der Waals surface area contributed by atoms with Gasteiger partial charge in [0.05, 0.1) is 6.61 Å². The van der Waals surface area contributed by atoms with E-state index in [1.165, 1.54) is 27.9 Å². The van der Waals surface area contributed by atoms with Gasteiger partial charge in [-0.15, -0.1) is 0 Å². The Labute approximate surface area is 86.1 Å². The van der Waals surface area contributed by atoms with Crippen molar-refractivity contribution >= 4 is 6.03 Å². The largest absolute Gasteiger partial charge is 0.465 e. The molecule has 6 heteroatoms. The van der Waals surface area contributed by atoms with Gasteiger partial charge in [0, 0.05) is 24.8 Å². The van der Waals surface area contributed by atoms with Crippen molar-refractivity contribution < 1.29 is 9.53 Å². The molecule has 0 aliphatic carbocycles. The first-order valence-electron chi connectivity index (χ1n) is 4.51. The van der Waals surface area contributed by atoms with Crippen molar-refractivity contribution in [3.05, 3.63) is 31.1 Å². The maximum absolute atomic E-state index is 11.8. The summed E-state index contributed by atoms with van der Waals surface area (Å²) in [7, 11) is 0. The van der Waals surface area contributed by atoms with Gasteiger partial charge in [0.25, 0.3) is 0 Å². The third kappa shape index (κ3) is 1.74. The van der Waals surface area contributed by atoms with E-state index < -0.39 is 0 Å². The number of rotatable bonds is 2. The summed E-state index contributed by atoms with van der Waals surface area (Å²) in [5.41, 5.74) is 0. The molecule has 15 heavy (non-hydrogen) atoms. The van der Waals surface area contributed by atoms with Crippen LogP contribution in [0, 0.1) is 0 Å². The van der Waals surface area contributed by atoms with Crippen molar-refractivity contribution in [3.63, 3.8) is 0 Å². The lowest BCUT2D eigenvalue weighted by Crippen LogP contribution is -2.18. The quantitative estimate of drug-likeness (QED) is 0.735. The van der Waals surface area contributed by atoms with Crippen LogP contribution in [0.5, 0.6) is 6.01 Å². The normalized spacial score (nSPS) is 10.2. The monoisotopic (exact) mass is 206 g/mol. The lowest BCUT2D eigenvalue weighted by atomic mass is 10.8. The van der Waals surface area contributed by atoms with Crippen LogP contribution in [0.25, 0.3) is 0 Å². The summed E-state index contributed by atoms with van der Waals surface area (Å²) in [6.45, 7) is 2.30. The minimum absolute atomic E-state index is 0.270. The fourth-order valence-corrected chi connectivity index (χ4v) is 1.17. The molecule has 0 unspecified atom stereocenters. The Bertz CT molecular complexity index is 446. The third-order valence-corrected chi connectivity index (χ3v) is 1.81. The van der Waals surface area contributed by atoms with Crippen LogP contribution in [0.1, 0.15) is 6.92 Å². The number of nitrogens with zero attached hydrogens (tertiary/aromatic N) is 4. The molecule has 2 rings (SSSR count). The molecule has 0 bridgehead atoms. The van der Waals surface area contributed by atoms with Crippen LogP contribution in [0.4, 0.5) is 4.79 Å². The van der Waals surface area contributed by atoms with Gasteiger partial charge in [0.1, 0.15) is 6.33 Å². The second-order valence-electron chi connectivity index (χ2n) is 2.77. The zero-order valence-corrected chi connectivity index (χ0v) is 8.20. The summed E-state index contributed by atoms with van der Waals surface area (Å²) in [5, 5.41) is 0. The van der Waals surface area contributed by atoms with E-state index in [1.807, 2.05) is 6.92 Å². The average molecular weight is 206 g/mol. The number of aromatic nitrogens is 4. The predicted molar refractivity (Wildman–Crippen MR) is 51.8 cm³/mol. The third-order valence-electron chi connectivity index (χ3n) is 1.81. The van der Waals surface area contributed by atoms with Gasteiger partial charge in [-0.25, -0.2) is 19.3 Å². The van der Waals surface area contributed by atoms with Gasteiger partial charge in [-0.2, -0.15) is 0 Å². The lowest BCUT2D eigenvalue weighted by Gasteiger charge is -2.05. The summed E-state index contributed by atoms with van der Waals surface area (Å²) in [6, 6.07) is 0.0182. The highest BCUT2D eigenvalue weighted by molar-refractivity contribution is 5.80. The van der Waals surface area contributed by atoms with E-state index >= 15 is 0 Å². The van der Waals surface area contributed by atoms with Crippen molar-refractivity contribution in [2.24, 2.45) is 0 Å². The summed E-state index contributed by atoms with van der Waals surface area (Å²) in [5.74, 6) is 0. The molecule has 0 radical (unpaired) electrons. The average Bonchev–Trinajstić information content (AvgIpc) is 2.87. The standard InChI is InChI=1S/C9H10N4O2/c1-2-15-8-11-4-6-13(8)9(14)12-5-3-10-7-12/h3-7H,2H2,1H3. The van der Waals surface area contributed by atoms with Crippen molar-refractivity contribution in [2.45, 2.75) is 6.92 Å². The number of imidazole rings is 2. The number of ether oxygens (including phenoxy) is 1. The highest BCUT2D eigenvalue weighted by Crippen LogP contribution is 2.08. The second kappa shape index (κ2) is 3.95. The van der Waals surface area contributed by atoms with Crippen LogP contribution in [0.15, 0.2) is 31.1 Å². The zero-order chi connectivity index (χ0) is 10.7. The molecule has 0 spiro atoms. The van der Waals surface area contributed by atoms with Crippen LogP contribution in [-0.4, -0.2) is 31.7 Å². The first-order chi connectivity index (χ1) is 7.33. The number of carbonyl (C=O) groups is 1. The van der Waals surface area contributed by atoms with Gasteiger partial charge in [-0.1, -0.05) is 0 Å². The summed E-state index contributed by atoms with van der Waals surface area (Å²) >= 11 is 0. The Morgan fingerprint density at radius 3 is 3.00 bits per heavy atom. The molecule has 0 amide bonds. The Morgan fingerprint density at radius 1 is 1.47 bits per heavy atom. The van der Waals surface area contributed by atoms with Gasteiger partial charge < -0.3 is 4.74 Å². The van der Waals surface area contributed by atoms with E-state index in [4.69, 9.17) is 4.74 Å². The van der Waals surface area contributed by atoms with Crippen LogP contribution >= 0.6 is 0 Å². The molecule has 0 saturated heterocycles. The molecule has 78 valence electrons. The van der Waals surface area contributed by atoms with Gasteiger partial charge in [-0.05, 0) is 6.92 Å². The molecule has 0 N–H and O–H groups in total. The first-order valence-corrected chi connectivity index (χ1v) is 4.51. The fourth-order valence-electron chi connectivity index (χ4n) is 1.17. The van der Waals surface area contributed by atoms with E-state index in [9.17, 15) is 4.79 Å². The van der Waals surface area contributed by atoms with Crippen molar-refractivity contribution in [1.82, 2.24) is 19.1 Å². The highest BCUT2D eigenvalue weighted by atomic mass is 16.5. The van der Waals surface area contributed by atoms with Gasteiger partial charge >= 0.3 is 12.0 Å². The maximum atomic E-state index is 11.8.